The van der Waals surface area contributed by atoms with E-state index in [1.54, 1.807) is 6.07 Å². The lowest BCUT2D eigenvalue weighted by molar-refractivity contribution is 0.281. The van der Waals surface area contributed by atoms with Crippen LogP contribution in [0.2, 0.25) is 0 Å². The zero-order valence-corrected chi connectivity index (χ0v) is 17.5. The van der Waals surface area contributed by atoms with Crippen LogP contribution in [0.15, 0.2) is 72.8 Å². The van der Waals surface area contributed by atoms with Gasteiger partial charge in [-0.25, -0.2) is 9.37 Å². The molecular formula is C26H21FN2O3. The number of benzene rings is 3. The van der Waals surface area contributed by atoms with Gasteiger partial charge < -0.3 is 14.2 Å². The highest BCUT2D eigenvalue weighted by Gasteiger charge is 2.09. The van der Waals surface area contributed by atoms with Crippen LogP contribution in [-0.4, -0.2) is 11.6 Å². The van der Waals surface area contributed by atoms with E-state index >= 15 is 0 Å². The molecule has 0 radical (unpaired) electrons. The summed E-state index contributed by atoms with van der Waals surface area (Å²) in [7, 11) is 0. The zero-order valence-electron chi connectivity index (χ0n) is 17.5. The van der Waals surface area contributed by atoms with E-state index < -0.39 is 0 Å². The molecule has 1 aromatic heterocycles. The first-order valence-corrected chi connectivity index (χ1v) is 10.1. The Labute approximate surface area is 185 Å². The fourth-order valence-electron chi connectivity index (χ4n) is 3.33. The maximum atomic E-state index is 13.3. The highest BCUT2D eigenvalue weighted by Crippen LogP contribution is 2.26. The SMILES string of the molecule is Cc1cccc(COc2cccc(OCc3ccc4cc(F)ccc4n3)c2)c1OCC#N. The molecule has 32 heavy (non-hydrogen) atoms. The average molecular weight is 428 g/mol. The molecule has 0 atom stereocenters. The number of aromatic nitrogens is 1. The van der Waals surface area contributed by atoms with E-state index in [1.807, 2.05) is 67.6 Å². The summed E-state index contributed by atoms with van der Waals surface area (Å²) in [5.74, 6) is 1.68. The Morgan fingerprint density at radius 3 is 2.47 bits per heavy atom. The smallest absolute Gasteiger partial charge is 0.174 e. The minimum absolute atomic E-state index is 0.0150. The molecule has 0 bridgehead atoms. The summed E-state index contributed by atoms with van der Waals surface area (Å²) in [6.07, 6.45) is 0. The Morgan fingerprint density at radius 1 is 0.875 bits per heavy atom. The van der Waals surface area contributed by atoms with Crippen LogP contribution in [0.3, 0.4) is 0 Å². The zero-order chi connectivity index (χ0) is 22.3. The largest absolute Gasteiger partial charge is 0.489 e. The van der Waals surface area contributed by atoms with Crippen molar-refractivity contribution in [1.82, 2.24) is 4.98 Å². The molecule has 0 spiro atoms. The second-order valence-electron chi connectivity index (χ2n) is 7.20. The summed E-state index contributed by atoms with van der Waals surface area (Å²) in [6.45, 7) is 2.50. The Morgan fingerprint density at radius 2 is 1.66 bits per heavy atom. The molecule has 5 nitrogen and oxygen atoms in total. The molecule has 4 aromatic rings. The van der Waals surface area contributed by atoms with Crippen LogP contribution in [-0.2, 0) is 13.2 Å². The average Bonchev–Trinajstić information content (AvgIpc) is 2.81. The van der Waals surface area contributed by atoms with Gasteiger partial charge in [0, 0.05) is 17.0 Å². The van der Waals surface area contributed by atoms with Crippen LogP contribution in [0.4, 0.5) is 4.39 Å². The molecule has 0 saturated heterocycles. The van der Waals surface area contributed by atoms with Gasteiger partial charge in [-0.1, -0.05) is 30.3 Å². The van der Waals surface area contributed by atoms with Crippen molar-refractivity contribution in [2.45, 2.75) is 20.1 Å². The van der Waals surface area contributed by atoms with Crippen LogP contribution in [0, 0.1) is 24.1 Å². The summed E-state index contributed by atoms with van der Waals surface area (Å²) < 4.78 is 30.7. The molecule has 0 aliphatic carbocycles. The van der Waals surface area contributed by atoms with E-state index in [2.05, 4.69) is 4.98 Å². The first-order chi connectivity index (χ1) is 15.6. The third-order valence-corrected chi connectivity index (χ3v) is 4.87. The molecule has 1 heterocycles. The van der Waals surface area contributed by atoms with Gasteiger partial charge in [-0.15, -0.1) is 0 Å². The van der Waals surface area contributed by atoms with E-state index in [0.717, 1.165) is 27.7 Å². The molecule has 0 amide bonds. The van der Waals surface area contributed by atoms with Crippen molar-refractivity contribution in [3.63, 3.8) is 0 Å². The van der Waals surface area contributed by atoms with Crippen molar-refractivity contribution in [2.75, 3.05) is 6.61 Å². The molecule has 0 unspecified atom stereocenters. The summed E-state index contributed by atoms with van der Waals surface area (Å²) in [4.78, 5) is 4.51. The monoisotopic (exact) mass is 428 g/mol. The lowest BCUT2D eigenvalue weighted by Gasteiger charge is -2.14. The number of ether oxygens (including phenoxy) is 3. The third kappa shape index (κ3) is 5.13. The van der Waals surface area contributed by atoms with Gasteiger partial charge >= 0.3 is 0 Å². The first kappa shape index (κ1) is 21.1. The molecule has 3 aromatic carbocycles. The van der Waals surface area contributed by atoms with Gasteiger partial charge in [0.1, 0.15) is 42.3 Å². The number of nitriles is 1. The standard InChI is InChI=1S/C26H21FN2O3/c1-18-4-2-5-20(26(18)30-13-12-28)16-31-23-6-3-7-24(15-23)32-17-22-10-8-19-14-21(27)9-11-25(19)29-22/h2-11,14-15H,13,16-17H2,1H3. The van der Waals surface area contributed by atoms with Gasteiger partial charge in [0.15, 0.2) is 6.61 Å². The predicted molar refractivity (Wildman–Crippen MR) is 119 cm³/mol. The van der Waals surface area contributed by atoms with Gasteiger partial charge in [-0.2, -0.15) is 5.26 Å². The van der Waals surface area contributed by atoms with E-state index in [1.165, 1.54) is 12.1 Å². The number of fused-ring (bicyclic) bond motifs is 1. The van der Waals surface area contributed by atoms with Gasteiger partial charge in [-0.05, 0) is 48.9 Å². The number of pyridine rings is 1. The van der Waals surface area contributed by atoms with E-state index in [9.17, 15) is 4.39 Å². The molecule has 6 heteroatoms. The van der Waals surface area contributed by atoms with E-state index in [0.29, 0.717) is 23.9 Å². The molecule has 0 fully saturated rings. The van der Waals surface area contributed by atoms with Gasteiger partial charge in [0.25, 0.3) is 0 Å². The second-order valence-corrected chi connectivity index (χ2v) is 7.20. The topological polar surface area (TPSA) is 64.4 Å². The number of para-hydroxylation sites is 1. The number of rotatable bonds is 8. The molecular weight excluding hydrogens is 407 g/mol. The first-order valence-electron chi connectivity index (χ1n) is 10.1. The second kappa shape index (κ2) is 9.80. The maximum Gasteiger partial charge on any atom is 0.174 e. The Kier molecular flexibility index (Phi) is 6.47. The van der Waals surface area contributed by atoms with Crippen LogP contribution in [0.5, 0.6) is 17.2 Å². The molecule has 0 saturated carbocycles. The normalized spacial score (nSPS) is 10.5. The Bertz CT molecular complexity index is 1280. The number of nitrogens with zero attached hydrogens (tertiary/aromatic N) is 2. The van der Waals surface area contributed by atoms with E-state index in [-0.39, 0.29) is 19.0 Å². The van der Waals surface area contributed by atoms with Gasteiger partial charge in [-0.3, -0.25) is 0 Å². The number of aryl methyl sites for hydroxylation is 1. The van der Waals surface area contributed by atoms with Crippen LogP contribution < -0.4 is 14.2 Å². The van der Waals surface area contributed by atoms with Crippen LogP contribution in [0.1, 0.15) is 16.8 Å². The van der Waals surface area contributed by atoms with Crippen molar-refractivity contribution >= 4 is 10.9 Å². The third-order valence-electron chi connectivity index (χ3n) is 4.87. The fraction of sp³-hybridized carbons (Fsp3) is 0.154. The lowest BCUT2D eigenvalue weighted by atomic mass is 10.1. The van der Waals surface area contributed by atoms with Crippen molar-refractivity contribution in [1.29, 1.82) is 5.26 Å². The van der Waals surface area contributed by atoms with Crippen molar-refractivity contribution in [2.24, 2.45) is 0 Å². The summed E-state index contributed by atoms with van der Waals surface area (Å²) in [5.41, 5.74) is 3.28. The van der Waals surface area contributed by atoms with Gasteiger partial charge in [0.05, 0.1) is 11.2 Å². The highest BCUT2D eigenvalue weighted by molar-refractivity contribution is 5.78. The number of hydrogen-bond donors (Lipinski definition) is 0. The van der Waals surface area contributed by atoms with Crippen molar-refractivity contribution in [3.05, 3.63) is 95.4 Å². The molecule has 160 valence electrons. The van der Waals surface area contributed by atoms with Crippen LogP contribution >= 0.6 is 0 Å². The number of hydrogen-bond acceptors (Lipinski definition) is 5. The summed E-state index contributed by atoms with van der Waals surface area (Å²) in [6, 6.07) is 23.3. The van der Waals surface area contributed by atoms with Crippen LogP contribution in [0.25, 0.3) is 10.9 Å². The van der Waals surface area contributed by atoms with Crippen molar-refractivity contribution < 1.29 is 18.6 Å². The molecule has 4 rings (SSSR count). The minimum Gasteiger partial charge on any atom is -0.489 e. The van der Waals surface area contributed by atoms with E-state index in [4.69, 9.17) is 19.5 Å². The van der Waals surface area contributed by atoms with Crippen molar-refractivity contribution in [3.8, 4) is 23.3 Å². The quantitative estimate of drug-likeness (QED) is 0.358. The molecule has 0 N–H and O–H groups in total. The predicted octanol–water partition coefficient (Wildman–Crippen LogP) is 5.74. The summed E-state index contributed by atoms with van der Waals surface area (Å²) >= 11 is 0. The lowest BCUT2D eigenvalue weighted by Crippen LogP contribution is -2.03. The Hall–Kier alpha value is -4.11. The highest BCUT2D eigenvalue weighted by atomic mass is 19.1. The summed E-state index contributed by atoms with van der Waals surface area (Å²) in [5, 5.41) is 9.55. The fourth-order valence-corrected chi connectivity index (χ4v) is 3.33. The Balaban J connectivity index is 1.41. The maximum absolute atomic E-state index is 13.3. The minimum atomic E-state index is -0.283. The molecule has 0 aliphatic rings. The van der Waals surface area contributed by atoms with Gasteiger partial charge in [0.2, 0.25) is 0 Å². The number of halogens is 1. The molecule has 0 aliphatic heterocycles.